The Morgan fingerprint density at radius 3 is 2.83 bits per heavy atom. The van der Waals surface area contributed by atoms with Crippen LogP contribution in [-0.4, -0.2) is 28.8 Å². The molecule has 2 aromatic heterocycles. The molecule has 0 spiro atoms. The van der Waals surface area contributed by atoms with Crippen molar-refractivity contribution in [1.82, 2.24) is 9.78 Å². The highest BCUT2D eigenvalue weighted by Gasteiger charge is 2.18. The Bertz CT molecular complexity index is 826. The number of nitrogens with one attached hydrogen (secondary N) is 1. The lowest BCUT2D eigenvalue weighted by molar-refractivity contribution is -0.112. The summed E-state index contributed by atoms with van der Waals surface area (Å²) in [7, 11) is 3.02. The molecule has 0 saturated carbocycles. The molecule has 0 bridgehead atoms. The molecule has 8 heteroatoms. The molecule has 0 fully saturated rings. The molecule has 0 unspecified atom stereocenters. The number of amides is 1. The Hall–Kier alpha value is -2.92. The van der Waals surface area contributed by atoms with Crippen LogP contribution in [0.5, 0.6) is 0 Å². The molecule has 2 aromatic rings. The van der Waals surface area contributed by atoms with Crippen LogP contribution in [0.4, 0.5) is 5.69 Å². The van der Waals surface area contributed by atoms with Crippen LogP contribution in [0.15, 0.2) is 23.2 Å². The van der Waals surface area contributed by atoms with Gasteiger partial charge in [-0.3, -0.25) is 9.48 Å². The number of carbonyl (C=O) groups is 2. The number of ether oxygens (including phenoxy) is 1. The molecule has 2 heterocycles. The molecule has 1 N–H and O–H groups in total. The van der Waals surface area contributed by atoms with Crippen LogP contribution in [0.25, 0.3) is 6.08 Å². The summed E-state index contributed by atoms with van der Waals surface area (Å²) < 4.78 is 6.25. The van der Waals surface area contributed by atoms with E-state index in [1.165, 1.54) is 13.2 Å². The molecule has 2 rings (SSSR count). The zero-order valence-corrected chi connectivity index (χ0v) is 13.6. The van der Waals surface area contributed by atoms with Crippen LogP contribution < -0.4 is 5.32 Å². The predicted octanol–water partition coefficient (Wildman–Crippen LogP) is 2.12. The lowest BCUT2D eigenvalue weighted by atomic mass is 10.1. The van der Waals surface area contributed by atoms with E-state index in [-0.39, 0.29) is 10.5 Å². The van der Waals surface area contributed by atoms with Gasteiger partial charge < -0.3 is 10.1 Å². The Morgan fingerprint density at radius 2 is 2.26 bits per heavy atom. The van der Waals surface area contributed by atoms with Crippen LogP contribution in [0.3, 0.4) is 0 Å². The SMILES string of the molecule is COC(=O)c1sccc1NC(=O)/C(C#N)=C/c1cn(C)nc1C. The quantitative estimate of drug-likeness (QED) is 0.526. The second-order valence-electron chi connectivity index (χ2n) is 4.62. The van der Waals surface area contributed by atoms with Gasteiger partial charge in [0.2, 0.25) is 0 Å². The number of carbonyl (C=O) groups excluding carboxylic acids is 2. The van der Waals surface area contributed by atoms with Gasteiger partial charge >= 0.3 is 5.97 Å². The van der Waals surface area contributed by atoms with Crippen molar-refractivity contribution in [1.29, 1.82) is 5.26 Å². The second-order valence-corrected chi connectivity index (χ2v) is 5.54. The van der Waals surface area contributed by atoms with Crippen molar-refractivity contribution in [2.45, 2.75) is 6.92 Å². The molecular formula is C15H14N4O3S. The van der Waals surface area contributed by atoms with Gasteiger partial charge in [0.15, 0.2) is 0 Å². The van der Waals surface area contributed by atoms with Gasteiger partial charge in [-0.25, -0.2) is 4.79 Å². The topological polar surface area (TPSA) is 97.0 Å². The highest BCUT2D eigenvalue weighted by molar-refractivity contribution is 7.12. The summed E-state index contributed by atoms with van der Waals surface area (Å²) in [5.41, 5.74) is 1.62. The highest BCUT2D eigenvalue weighted by atomic mass is 32.1. The molecule has 23 heavy (non-hydrogen) atoms. The summed E-state index contributed by atoms with van der Waals surface area (Å²) in [6.45, 7) is 1.78. The normalized spacial score (nSPS) is 11.0. The molecule has 0 aliphatic heterocycles. The van der Waals surface area contributed by atoms with Gasteiger partial charge in [0.05, 0.1) is 18.5 Å². The van der Waals surface area contributed by atoms with Crippen molar-refractivity contribution >= 4 is 35.0 Å². The second kappa shape index (κ2) is 6.89. The van der Waals surface area contributed by atoms with Gasteiger partial charge in [0.25, 0.3) is 5.91 Å². The minimum Gasteiger partial charge on any atom is -0.465 e. The van der Waals surface area contributed by atoms with Gasteiger partial charge in [0.1, 0.15) is 16.5 Å². The molecule has 0 radical (unpaired) electrons. The summed E-state index contributed by atoms with van der Waals surface area (Å²) in [5.74, 6) is -1.14. The first-order valence-corrected chi connectivity index (χ1v) is 7.43. The van der Waals surface area contributed by atoms with Crippen LogP contribution >= 0.6 is 11.3 Å². The Morgan fingerprint density at radius 1 is 1.52 bits per heavy atom. The van der Waals surface area contributed by atoms with E-state index in [0.29, 0.717) is 16.9 Å². The number of hydrogen-bond donors (Lipinski definition) is 1. The Labute approximate surface area is 136 Å². The smallest absolute Gasteiger partial charge is 0.350 e. The average molecular weight is 330 g/mol. The van der Waals surface area contributed by atoms with E-state index in [0.717, 1.165) is 11.3 Å². The Balaban J connectivity index is 2.25. The minimum absolute atomic E-state index is 0.0804. The van der Waals surface area contributed by atoms with E-state index < -0.39 is 11.9 Å². The molecule has 7 nitrogen and oxygen atoms in total. The molecule has 0 saturated heterocycles. The number of hydrogen-bond acceptors (Lipinski definition) is 6. The van der Waals surface area contributed by atoms with Crippen molar-refractivity contribution in [3.05, 3.63) is 39.4 Å². The summed E-state index contributed by atoms with van der Waals surface area (Å²) in [6, 6.07) is 3.44. The maximum absolute atomic E-state index is 12.3. The molecule has 0 aliphatic rings. The van der Waals surface area contributed by atoms with Crippen LogP contribution in [-0.2, 0) is 16.6 Å². The minimum atomic E-state index is -0.598. The number of methoxy groups -OCH3 is 1. The zero-order chi connectivity index (χ0) is 17.0. The first-order valence-electron chi connectivity index (χ1n) is 6.55. The fraction of sp³-hybridized carbons (Fsp3) is 0.200. The predicted molar refractivity (Wildman–Crippen MR) is 85.8 cm³/mol. The van der Waals surface area contributed by atoms with Crippen molar-refractivity contribution in [2.75, 3.05) is 12.4 Å². The van der Waals surface area contributed by atoms with Crippen LogP contribution in [0, 0.1) is 18.3 Å². The van der Waals surface area contributed by atoms with E-state index in [2.05, 4.69) is 15.2 Å². The van der Waals surface area contributed by atoms with Gasteiger partial charge in [-0.05, 0) is 24.4 Å². The maximum Gasteiger partial charge on any atom is 0.350 e. The van der Waals surface area contributed by atoms with E-state index in [9.17, 15) is 14.9 Å². The maximum atomic E-state index is 12.3. The highest BCUT2D eigenvalue weighted by Crippen LogP contribution is 2.24. The third-order valence-corrected chi connectivity index (χ3v) is 3.90. The number of rotatable bonds is 4. The number of nitrogens with zero attached hydrogens (tertiary/aromatic N) is 3. The monoisotopic (exact) mass is 330 g/mol. The summed E-state index contributed by atoms with van der Waals surface area (Å²) in [4.78, 5) is 24.1. The average Bonchev–Trinajstić information content (AvgIpc) is 3.10. The van der Waals surface area contributed by atoms with E-state index in [4.69, 9.17) is 0 Å². The van der Waals surface area contributed by atoms with Gasteiger partial charge in [-0.1, -0.05) is 0 Å². The number of aryl methyl sites for hydroxylation is 2. The first-order chi connectivity index (χ1) is 11.0. The van der Waals surface area contributed by atoms with E-state index >= 15 is 0 Å². The standard InChI is InChI=1S/C15H14N4O3S/c1-9-11(8-19(2)18-9)6-10(7-16)14(20)17-12-4-5-23-13(12)15(21)22-3/h4-6,8H,1-3H3,(H,17,20)/b10-6+. The summed E-state index contributed by atoms with van der Waals surface area (Å²) >= 11 is 1.15. The van der Waals surface area contributed by atoms with Gasteiger partial charge in [0, 0.05) is 18.8 Å². The summed E-state index contributed by atoms with van der Waals surface area (Å²) in [6.07, 6.45) is 3.17. The van der Waals surface area contributed by atoms with Crippen molar-refractivity contribution in [2.24, 2.45) is 7.05 Å². The van der Waals surface area contributed by atoms with E-state index in [1.54, 1.807) is 36.3 Å². The van der Waals surface area contributed by atoms with Crippen molar-refractivity contribution < 1.29 is 14.3 Å². The van der Waals surface area contributed by atoms with Crippen molar-refractivity contribution in [3.63, 3.8) is 0 Å². The van der Waals surface area contributed by atoms with Gasteiger partial charge in [-0.2, -0.15) is 10.4 Å². The van der Waals surface area contributed by atoms with Crippen molar-refractivity contribution in [3.8, 4) is 6.07 Å². The zero-order valence-electron chi connectivity index (χ0n) is 12.8. The molecule has 0 aliphatic carbocycles. The lowest BCUT2D eigenvalue weighted by Gasteiger charge is -2.04. The fourth-order valence-corrected chi connectivity index (χ4v) is 2.68. The van der Waals surface area contributed by atoms with Crippen LogP contribution in [0.2, 0.25) is 0 Å². The largest absolute Gasteiger partial charge is 0.465 e. The number of nitriles is 1. The molecule has 1 amide bonds. The number of thiophene rings is 1. The molecular weight excluding hydrogens is 316 g/mol. The number of esters is 1. The lowest BCUT2D eigenvalue weighted by Crippen LogP contribution is -2.15. The third-order valence-electron chi connectivity index (χ3n) is 3.00. The molecule has 0 atom stereocenters. The first kappa shape index (κ1) is 16.5. The molecule has 118 valence electrons. The van der Waals surface area contributed by atoms with Gasteiger partial charge in [-0.15, -0.1) is 11.3 Å². The third kappa shape index (κ3) is 3.64. The molecule has 0 aromatic carbocycles. The van der Waals surface area contributed by atoms with E-state index in [1.807, 2.05) is 6.07 Å². The van der Waals surface area contributed by atoms with Crippen LogP contribution in [0.1, 0.15) is 20.9 Å². The number of aromatic nitrogens is 2. The fourth-order valence-electron chi connectivity index (χ4n) is 1.91. The Kier molecular flexibility index (Phi) is 4.93. The summed E-state index contributed by atoms with van der Waals surface area (Å²) in [5, 5.41) is 17.6. The number of anilines is 1.